The van der Waals surface area contributed by atoms with Gasteiger partial charge in [-0.3, -0.25) is 9.59 Å². The minimum absolute atomic E-state index is 0.0445. The zero-order chi connectivity index (χ0) is 10.5. The maximum Gasteiger partial charge on any atom is 0.309 e. The predicted molar refractivity (Wildman–Crippen MR) is 47.5 cm³/mol. The van der Waals surface area contributed by atoms with Crippen LogP contribution in [0, 0.1) is 5.41 Å². The molecule has 0 aliphatic heterocycles. The van der Waals surface area contributed by atoms with Crippen molar-refractivity contribution in [2.75, 3.05) is 0 Å². The summed E-state index contributed by atoms with van der Waals surface area (Å²) in [5.74, 6) is -1.72. The van der Waals surface area contributed by atoms with Gasteiger partial charge >= 0.3 is 11.9 Å². The SMILES string of the molecule is CCC(C)(CCCC(=O)O)C(=O)O. The molecule has 1 unspecified atom stereocenters. The Balaban J connectivity index is 3.98. The van der Waals surface area contributed by atoms with Crippen LogP contribution in [0.15, 0.2) is 0 Å². The van der Waals surface area contributed by atoms with E-state index < -0.39 is 17.4 Å². The zero-order valence-electron chi connectivity index (χ0n) is 8.04. The molecule has 0 amide bonds. The average molecular weight is 188 g/mol. The van der Waals surface area contributed by atoms with Crippen LogP contribution < -0.4 is 0 Å². The third-order valence-electron chi connectivity index (χ3n) is 2.42. The third-order valence-corrected chi connectivity index (χ3v) is 2.42. The van der Waals surface area contributed by atoms with Gasteiger partial charge in [0, 0.05) is 6.42 Å². The smallest absolute Gasteiger partial charge is 0.309 e. The molecular weight excluding hydrogens is 172 g/mol. The minimum atomic E-state index is -0.871. The summed E-state index contributed by atoms with van der Waals surface area (Å²) >= 11 is 0. The Labute approximate surface area is 77.6 Å². The van der Waals surface area contributed by atoms with E-state index in [0.717, 1.165) is 0 Å². The molecule has 0 aliphatic rings. The topological polar surface area (TPSA) is 74.6 Å². The lowest BCUT2D eigenvalue weighted by Gasteiger charge is -2.22. The van der Waals surface area contributed by atoms with Crippen LogP contribution in [-0.4, -0.2) is 22.2 Å². The molecule has 0 spiro atoms. The van der Waals surface area contributed by atoms with Crippen molar-refractivity contribution in [2.45, 2.75) is 39.5 Å². The predicted octanol–water partition coefficient (Wildman–Crippen LogP) is 1.74. The van der Waals surface area contributed by atoms with Gasteiger partial charge in [0.1, 0.15) is 0 Å². The van der Waals surface area contributed by atoms with Crippen molar-refractivity contribution in [2.24, 2.45) is 5.41 Å². The van der Waals surface area contributed by atoms with Crippen LogP contribution in [-0.2, 0) is 9.59 Å². The zero-order valence-corrected chi connectivity index (χ0v) is 8.04. The molecule has 76 valence electrons. The van der Waals surface area contributed by atoms with E-state index in [2.05, 4.69) is 0 Å². The van der Waals surface area contributed by atoms with Crippen molar-refractivity contribution >= 4 is 11.9 Å². The van der Waals surface area contributed by atoms with Gasteiger partial charge in [-0.15, -0.1) is 0 Å². The van der Waals surface area contributed by atoms with E-state index in [4.69, 9.17) is 10.2 Å². The first-order valence-corrected chi connectivity index (χ1v) is 4.37. The lowest BCUT2D eigenvalue weighted by atomic mass is 9.82. The number of carboxylic acid groups (broad SMARTS) is 2. The van der Waals surface area contributed by atoms with E-state index in [1.165, 1.54) is 0 Å². The number of hydrogen-bond donors (Lipinski definition) is 2. The van der Waals surface area contributed by atoms with Crippen LogP contribution >= 0.6 is 0 Å². The third kappa shape index (κ3) is 3.92. The molecule has 0 bridgehead atoms. The Kier molecular flexibility index (Phi) is 4.45. The highest BCUT2D eigenvalue weighted by atomic mass is 16.4. The first-order chi connectivity index (χ1) is 5.92. The van der Waals surface area contributed by atoms with E-state index in [0.29, 0.717) is 19.3 Å². The van der Waals surface area contributed by atoms with Crippen molar-refractivity contribution in [3.8, 4) is 0 Å². The summed E-state index contributed by atoms with van der Waals surface area (Å²) in [6.07, 6.45) is 1.42. The first kappa shape index (κ1) is 11.9. The Morgan fingerprint density at radius 3 is 2.15 bits per heavy atom. The van der Waals surface area contributed by atoms with E-state index in [1.54, 1.807) is 13.8 Å². The molecule has 0 saturated carbocycles. The van der Waals surface area contributed by atoms with E-state index in [9.17, 15) is 9.59 Å². The van der Waals surface area contributed by atoms with Crippen molar-refractivity contribution in [3.05, 3.63) is 0 Å². The maximum absolute atomic E-state index is 10.8. The second-order valence-electron chi connectivity index (χ2n) is 3.47. The van der Waals surface area contributed by atoms with Gasteiger partial charge in [0.2, 0.25) is 0 Å². The molecule has 13 heavy (non-hydrogen) atoms. The summed E-state index contributed by atoms with van der Waals surface area (Å²) in [5.41, 5.74) is -0.768. The fraction of sp³-hybridized carbons (Fsp3) is 0.778. The van der Waals surface area contributed by atoms with Crippen molar-refractivity contribution in [1.29, 1.82) is 0 Å². The molecule has 0 radical (unpaired) electrons. The van der Waals surface area contributed by atoms with Crippen LogP contribution in [0.1, 0.15) is 39.5 Å². The Morgan fingerprint density at radius 1 is 1.31 bits per heavy atom. The summed E-state index contributed by atoms with van der Waals surface area (Å²) in [5, 5.41) is 17.2. The van der Waals surface area contributed by atoms with Crippen LogP contribution in [0.25, 0.3) is 0 Å². The van der Waals surface area contributed by atoms with Gasteiger partial charge in [0.25, 0.3) is 0 Å². The minimum Gasteiger partial charge on any atom is -0.481 e. The Hall–Kier alpha value is -1.06. The van der Waals surface area contributed by atoms with Crippen LogP contribution in [0.3, 0.4) is 0 Å². The molecule has 2 N–H and O–H groups in total. The molecule has 0 aromatic carbocycles. The van der Waals surface area contributed by atoms with Crippen molar-refractivity contribution < 1.29 is 19.8 Å². The number of aliphatic carboxylic acids is 2. The first-order valence-electron chi connectivity index (χ1n) is 4.37. The lowest BCUT2D eigenvalue weighted by Crippen LogP contribution is -2.26. The van der Waals surface area contributed by atoms with Crippen molar-refractivity contribution in [1.82, 2.24) is 0 Å². The highest BCUT2D eigenvalue weighted by molar-refractivity contribution is 5.74. The summed E-state index contributed by atoms with van der Waals surface area (Å²) in [6, 6.07) is 0. The molecule has 0 aromatic rings. The number of hydrogen-bond acceptors (Lipinski definition) is 2. The number of rotatable bonds is 6. The second-order valence-corrected chi connectivity index (χ2v) is 3.47. The molecule has 4 heteroatoms. The van der Waals surface area contributed by atoms with Gasteiger partial charge in [-0.05, 0) is 26.2 Å². The van der Waals surface area contributed by atoms with Crippen molar-refractivity contribution in [3.63, 3.8) is 0 Å². The van der Waals surface area contributed by atoms with Crippen LogP contribution in [0.4, 0.5) is 0 Å². The van der Waals surface area contributed by atoms with E-state index in [-0.39, 0.29) is 6.42 Å². The normalized spacial score (nSPS) is 14.9. The molecular formula is C9H16O4. The average Bonchev–Trinajstić information content (AvgIpc) is 2.03. The van der Waals surface area contributed by atoms with Gasteiger partial charge in [-0.25, -0.2) is 0 Å². The molecule has 0 saturated heterocycles. The quantitative estimate of drug-likeness (QED) is 0.665. The molecule has 0 aliphatic carbocycles. The summed E-state index contributed by atoms with van der Waals surface area (Å²) in [4.78, 5) is 21.0. The Morgan fingerprint density at radius 2 is 1.85 bits per heavy atom. The van der Waals surface area contributed by atoms with Crippen LogP contribution in [0.2, 0.25) is 0 Å². The molecule has 0 aromatic heterocycles. The molecule has 0 fully saturated rings. The standard InChI is InChI=1S/C9H16O4/c1-3-9(2,8(12)13)6-4-5-7(10)11/h3-6H2,1-2H3,(H,10,11)(H,12,13). The van der Waals surface area contributed by atoms with E-state index >= 15 is 0 Å². The van der Waals surface area contributed by atoms with Gasteiger partial charge in [0.05, 0.1) is 5.41 Å². The van der Waals surface area contributed by atoms with Gasteiger partial charge in [-0.1, -0.05) is 6.92 Å². The Bertz CT molecular complexity index is 200. The molecule has 0 rings (SSSR count). The fourth-order valence-electron chi connectivity index (χ4n) is 1.06. The fourth-order valence-corrected chi connectivity index (χ4v) is 1.06. The number of carbonyl (C=O) groups is 2. The number of carboxylic acids is 2. The van der Waals surface area contributed by atoms with E-state index in [1.807, 2.05) is 0 Å². The summed E-state index contributed by atoms with van der Waals surface area (Å²) < 4.78 is 0. The highest BCUT2D eigenvalue weighted by Crippen LogP contribution is 2.28. The van der Waals surface area contributed by atoms with Crippen LogP contribution in [0.5, 0.6) is 0 Å². The summed E-state index contributed by atoms with van der Waals surface area (Å²) in [7, 11) is 0. The maximum atomic E-state index is 10.8. The van der Waals surface area contributed by atoms with Gasteiger partial charge < -0.3 is 10.2 Å². The summed E-state index contributed by atoms with van der Waals surface area (Å²) in [6.45, 7) is 3.45. The second kappa shape index (κ2) is 4.84. The monoisotopic (exact) mass is 188 g/mol. The van der Waals surface area contributed by atoms with Gasteiger partial charge in [-0.2, -0.15) is 0 Å². The van der Waals surface area contributed by atoms with Gasteiger partial charge in [0.15, 0.2) is 0 Å². The molecule has 0 heterocycles. The highest BCUT2D eigenvalue weighted by Gasteiger charge is 2.30. The molecule has 1 atom stereocenters. The largest absolute Gasteiger partial charge is 0.481 e. The lowest BCUT2D eigenvalue weighted by molar-refractivity contribution is -0.149. The molecule has 4 nitrogen and oxygen atoms in total.